The average Bonchev–Trinajstić information content (AvgIpc) is 3.08. The van der Waals surface area contributed by atoms with Crippen LogP contribution < -0.4 is 5.73 Å². The predicted octanol–water partition coefficient (Wildman–Crippen LogP) is 1.63. The Morgan fingerprint density at radius 1 is 1.33 bits per heavy atom. The van der Waals surface area contributed by atoms with Gasteiger partial charge >= 0.3 is 0 Å². The van der Waals surface area contributed by atoms with E-state index in [1.54, 1.807) is 28.2 Å². The third kappa shape index (κ3) is 3.11. The monoisotopic (exact) mass is 304 g/mol. The quantitative estimate of drug-likeness (QED) is 0.937. The van der Waals surface area contributed by atoms with Crippen LogP contribution in [-0.2, 0) is 13.6 Å². The van der Waals surface area contributed by atoms with E-state index >= 15 is 0 Å². The van der Waals surface area contributed by atoms with E-state index in [4.69, 9.17) is 5.73 Å². The number of rotatable bonds is 3. The van der Waals surface area contributed by atoms with Crippen LogP contribution in [0.1, 0.15) is 16.1 Å². The zero-order chi connectivity index (χ0) is 14.8. The first-order chi connectivity index (χ1) is 10.1. The fourth-order valence-electron chi connectivity index (χ4n) is 2.71. The molecule has 0 aromatic carbocycles. The number of nitrogens with zero attached hydrogens (tertiary/aromatic N) is 3. The van der Waals surface area contributed by atoms with Crippen LogP contribution in [0.25, 0.3) is 0 Å². The van der Waals surface area contributed by atoms with Gasteiger partial charge in [0.25, 0.3) is 5.91 Å². The van der Waals surface area contributed by atoms with E-state index in [-0.39, 0.29) is 5.91 Å². The molecule has 112 valence electrons. The zero-order valence-electron chi connectivity index (χ0n) is 12.2. The summed E-state index contributed by atoms with van der Waals surface area (Å²) in [6, 6.07) is 3.91. The summed E-state index contributed by atoms with van der Waals surface area (Å²) in [4.78, 5) is 16.8. The molecule has 0 aliphatic carbocycles. The minimum atomic E-state index is 0.0735. The third-order valence-corrected chi connectivity index (χ3v) is 4.62. The Kier molecular flexibility index (Phi) is 3.98. The molecule has 2 N–H and O–H groups in total. The number of amides is 1. The van der Waals surface area contributed by atoms with Crippen LogP contribution >= 0.6 is 11.3 Å². The summed E-state index contributed by atoms with van der Waals surface area (Å²) >= 11 is 1.73. The van der Waals surface area contributed by atoms with Crippen LogP contribution in [0.3, 0.4) is 0 Å². The maximum atomic E-state index is 12.5. The third-order valence-electron chi connectivity index (χ3n) is 3.89. The molecule has 5 nitrogen and oxygen atoms in total. The van der Waals surface area contributed by atoms with E-state index in [9.17, 15) is 4.79 Å². The molecular weight excluding hydrogens is 284 g/mol. The summed E-state index contributed by atoms with van der Waals surface area (Å²) in [5.41, 5.74) is 8.40. The number of hydrogen-bond donors (Lipinski definition) is 1. The lowest BCUT2D eigenvalue weighted by molar-refractivity contribution is 0.0619. The van der Waals surface area contributed by atoms with Crippen molar-refractivity contribution in [1.82, 2.24) is 14.4 Å². The maximum Gasteiger partial charge on any atom is 0.270 e. The van der Waals surface area contributed by atoms with Crippen molar-refractivity contribution in [3.63, 3.8) is 0 Å². The molecule has 6 heteroatoms. The van der Waals surface area contributed by atoms with Gasteiger partial charge in [0, 0.05) is 46.0 Å². The topological polar surface area (TPSA) is 54.5 Å². The van der Waals surface area contributed by atoms with Gasteiger partial charge in [-0.15, -0.1) is 0 Å². The van der Waals surface area contributed by atoms with Gasteiger partial charge in [0.2, 0.25) is 0 Å². The Morgan fingerprint density at radius 2 is 2.10 bits per heavy atom. The number of hydrogen-bond acceptors (Lipinski definition) is 4. The van der Waals surface area contributed by atoms with E-state index in [0.29, 0.717) is 11.4 Å². The van der Waals surface area contributed by atoms with Crippen molar-refractivity contribution in [2.45, 2.75) is 6.54 Å². The summed E-state index contributed by atoms with van der Waals surface area (Å²) in [6.07, 6.45) is 1.78. The Balaban J connectivity index is 1.58. The Hall–Kier alpha value is -1.79. The van der Waals surface area contributed by atoms with Crippen molar-refractivity contribution in [2.75, 3.05) is 31.9 Å². The second-order valence-corrected chi connectivity index (χ2v) is 6.25. The van der Waals surface area contributed by atoms with Crippen molar-refractivity contribution in [2.24, 2.45) is 7.05 Å². The zero-order valence-corrected chi connectivity index (χ0v) is 13.0. The van der Waals surface area contributed by atoms with Crippen LogP contribution in [0.2, 0.25) is 0 Å². The van der Waals surface area contributed by atoms with Crippen molar-refractivity contribution in [1.29, 1.82) is 0 Å². The molecule has 0 saturated carbocycles. The molecule has 2 aromatic heterocycles. The van der Waals surface area contributed by atoms with Crippen molar-refractivity contribution in [3.05, 3.63) is 40.3 Å². The fourth-order valence-corrected chi connectivity index (χ4v) is 3.37. The largest absolute Gasteiger partial charge is 0.397 e. The fraction of sp³-hybridized carbons (Fsp3) is 0.400. The van der Waals surface area contributed by atoms with Gasteiger partial charge in [-0.05, 0) is 28.5 Å². The number of carbonyl (C=O) groups is 1. The molecule has 1 fully saturated rings. The number of aromatic nitrogens is 1. The van der Waals surface area contributed by atoms with E-state index in [0.717, 1.165) is 32.7 Å². The van der Waals surface area contributed by atoms with Crippen LogP contribution in [-0.4, -0.2) is 46.5 Å². The molecule has 0 atom stereocenters. The van der Waals surface area contributed by atoms with Crippen LogP contribution in [0.5, 0.6) is 0 Å². The number of piperazine rings is 1. The molecule has 0 unspecified atom stereocenters. The lowest BCUT2D eigenvalue weighted by atomic mass is 10.2. The van der Waals surface area contributed by atoms with Gasteiger partial charge in [-0.25, -0.2) is 0 Å². The first-order valence-corrected chi connectivity index (χ1v) is 8.02. The molecule has 1 aliphatic heterocycles. The van der Waals surface area contributed by atoms with Crippen molar-refractivity contribution >= 4 is 22.9 Å². The Morgan fingerprint density at radius 3 is 2.67 bits per heavy atom. The van der Waals surface area contributed by atoms with Crippen LogP contribution in [0.4, 0.5) is 5.69 Å². The van der Waals surface area contributed by atoms with Gasteiger partial charge in [0.05, 0.1) is 5.69 Å². The maximum absolute atomic E-state index is 12.5. The van der Waals surface area contributed by atoms with E-state index < -0.39 is 0 Å². The standard InChI is InChI=1S/C15H20N4OS/c1-17-10-13(16)8-14(17)15(20)19-5-3-18(4-6-19)9-12-2-7-21-11-12/h2,7-8,10-11H,3-6,9,16H2,1H3. The van der Waals surface area contributed by atoms with Gasteiger partial charge in [-0.2, -0.15) is 11.3 Å². The van der Waals surface area contributed by atoms with Gasteiger partial charge in [0.15, 0.2) is 0 Å². The molecule has 21 heavy (non-hydrogen) atoms. The smallest absolute Gasteiger partial charge is 0.270 e. The number of aryl methyl sites for hydroxylation is 1. The minimum absolute atomic E-state index is 0.0735. The highest BCUT2D eigenvalue weighted by atomic mass is 32.1. The number of carbonyl (C=O) groups excluding carboxylic acids is 1. The predicted molar refractivity (Wildman–Crippen MR) is 85.3 cm³/mol. The second-order valence-electron chi connectivity index (χ2n) is 5.47. The number of thiophene rings is 1. The first kappa shape index (κ1) is 14.2. The summed E-state index contributed by atoms with van der Waals surface area (Å²) < 4.78 is 1.80. The van der Waals surface area contributed by atoms with E-state index in [1.807, 2.05) is 11.9 Å². The molecule has 3 heterocycles. The Bertz CT molecular complexity index is 612. The number of anilines is 1. The highest BCUT2D eigenvalue weighted by molar-refractivity contribution is 7.07. The molecule has 3 rings (SSSR count). The van der Waals surface area contributed by atoms with Crippen LogP contribution in [0.15, 0.2) is 29.1 Å². The average molecular weight is 304 g/mol. The molecule has 0 bridgehead atoms. The lowest BCUT2D eigenvalue weighted by Gasteiger charge is -2.34. The molecule has 1 amide bonds. The molecular formula is C15H20N4OS. The van der Waals surface area contributed by atoms with Crippen molar-refractivity contribution in [3.8, 4) is 0 Å². The molecule has 0 radical (unpaired) electrons. The van der Waals surface area contributed by atoms with E-state index in [1.165, 1.54) is 5.56 Å². The highest BCUT2D eigenvalue weighted by Crippen LogP contribution is 2.15. The Labute approximate surface area is 128 Å². The summed E-state index contributed by atoms with van der Waals surface area (Å²) in [5.74, 6) is 0.0735. The van der Waals surface area contributed by atoms with E-state index in [2.05, 4.69) is 21.7 Å². The second kappa shape index (κ2) is 5.91. The van der Waals surface area contributed by atoms with Gasteiger partial charge < -0.3 is 15.2 Å². The van der Waals surface area contributed by atoms with Gasteiger partial charge in [0.1, 0.15) is 5.69 Å². The number of nitrogens with two attached hydrogens (primary N) is 1. The summed E-state index contributed by atoms with van der Waals surface area (Å²) in [5, 5.41) is 4.29. The summed E-state index contributed by atoms with van der Waals surface area (Å²) in [6.45, 7) is 4.35. The molecule has 1 aliphatic rings. The van der Waals surface area contributed by atoms with Crippen LogP contribution in [0, 0.1) is 0 Å². The normalized spacial score (nSPS) is 16.3. The molecule has 0 spiro atoms. The van der Waals surface area contributed by atoms with Gasteiger partial charge in [-0.3, -0.25) is 9.69 Å². The molecule has 2 aromatic rings. The lowest BCUT2D eigenvalue weighted by Crippen LogP contribution is -2.48. The SMILES string of the molecule is Cn1cc(N)cc1C(=O)N1CCN(Cc2ccsc2)CC1. The first-order valence-electron chi connectivity index (χ1n) is 7.08. The highest BCUT2D eigenvalue weighted by Gasteiger charge is 2.23. The van der Waals surface area contributed by atoms with Crippen molar-refractivity contribution < 1.29 is 4.79 Å². The van der Waals surface area contributed by atoms with Gasteiger partial charge in [-0.1, -0.05) is 0 Å². The molecule has 1 saturated heterocycles. The summed E-state index contributed by atoms with van der Waals surface area (Å²) in [7, 11) is 1.86. The number of nitrogen functional groups attached to an aromatic ring is 1. The minimum Gasteiger partial charge on any atom is -0.397 e.